The molecule has 1 rings (SSSR count). The molecule has 1 N–H and O–H groups in total. The maximum absolute atomic E-state index is 4.25. The van der Waals surface area contributed by atoms with Gasteiger partial charge in [0.1, 0.15) is 12.2 Å². The van der Waals surface area contributed by atoms with Gasteiger partial charge in [0.25, 0.3) is 0 Å². The molecule has 0 atom stereocenters. The third-order valence-electron chi connectivity index (χ3n) is 2.09. The van der Waals surface area contributed by atoms with Crippen molar-refractivity contribution in [2.75, 3.05) is 13.1 Å². The molecule has 1 aromatic rings. The second-order valence-corrected chi connectivity index (χ2v) is 3.71. The molecule has 0 aromatic carbocycles. The molecule has 0 spiro atoms. The largest absolute Gasteiger partial charge is 0.316 e. The van der Waals surface area contributed by atoms with Crippen molar-refractivity contribution in [2.45, 2.75) is 39.7 Å². The van der Waals surface area contributed by atoms with Gasteiger partial charge in [-0.15, -0.1) is 0 Å². The Bertz CT molecular complexity index is 254. The lowest BCUT2D eigenvalue weighted by atomic mass is 10.3. The second kappa shape index (κ2) is 5.75. The molecule has 0 saturated carbocycles. The molecule has 4 nitrogen and oxygen atoms in total. The summed E-state index contributed by atoms with van der Waals surface area (Å²) in [6.07, 6.45) is 3.77. The highest BCUT2D eigenvalue weighted by Crippen LogP contribution is 2.04. The van der Waals surface area contributed by atoms with Gasteiger partial charge < -0.3 is 5.32 Å². The monoisotopic (exact) mass is 196 g/mol. The van der Waals surface area contributed by atoms with E-state index in [2.05, 4.69) is 36.2 Å². The maximum atomic E-state index is 4.25. The summed E-state index contributed by atoms with van der Waals surface area (Å²) in [6, 6.07) is 0.402. The first-order valence-corrected chi connectivity index (χ1v) is 5.34. The molecule has 80 valence electrons. The van der Waals surface area contributed by atoms with Gasteiger partial charge in [-0.25, -0.2) is 9.67 Å². The van der Waals surface area contributed by atoms with Gasteiger partial charge in [0.2, 0.25) is 0 Å². The molecule has 0 aliphatic heterocycles. The van der Waals surface area contributed by atoms with E-state index in [1.165, 1.54) is 6.42 Å². The summed E-state index contributed by atoms with van der Waals surface area (Å²) in [7, 11) is 0. The van der Waals surface area contributed by atoms with Gasteiger partial charge in [0, 0.05) is 19.0 Å². The first-order valence-electron chi connectivity index (χ1n) is 5.34. The van der Waals surface area contributed by atoms with Crippen LogP contribution >= 0.6 is 0 Å². The number of aromatic nitrogens is 3. The van der Waals surface area contributed by atoms with Crippen molar-refractivity contribution >= 4 is 0 Å². The topological polar surface area (TPSA) is 42.7 Å². The van der Waals surface area contributed by atoms with Crippen LogP contribution in [0.25, 0.3) is 0 Å². The van der Waals surface area contributed by atoms with E-state index < -0.39 is 0 Å². The molecule has 0 amide bonds. The molecule has 0 saturated heterocycles. The summed E-state index contributed by atoms with van der Waals surface area (Å²) >= 11 is 0. The molecule has 0 fully saturated rings. The number of nitrogens with one attached hydrogen (secondary N) is 1. The third-order valence-corrected chi connectivity index (χ3v) is 2.09. The minimum absolute atomic E-state index is 0.402. The van der Waals surface area contributed by atoms with E-state index in [4.69, 9.17) is 0 Å². The summed E-state index contributed by atoms with van der Waals surface area (Å²) in [5.74, 6) is 1.07. The normalized spacial score (nSPS) is 11.1. The van der Waals surface area contributed by atoms with E-state index in [9.17, 15) is 0 Å². The van der Waals surface area contributed by atoms with Crippen LogP contribution in [0.4, 0.5) is 0 Å². The van der Waals surface area contributed by atoms with Crippen LogP contribution in [0.2, 0.25) is 0 Å². The Hall–Kier alpha value is -0.900. The zero-order valence-corrected chi connectivity index (χ0v) is 9.32. The highest BCUT2D eigenvalue weighted by Gasteiger charge is 2.05. The Morgan fingerprint density at radius 3 is 2.86 bits per heavy atom. The Balaban J connectivity index is 2.38. The molecule has 0 aliphatic carbocycles. The molecule has 4 heteroatoms. The van der Waals surface area contributed by atoms with E-state index >= 15 is 0 Å². The van der Waals surface area contributed by atoms with Gasteiger partial charge in [-0.05, 0) is 26.8 Å². The smallest absolute Gasteiger partial charge is 0.138 e. The van der Waals surface area contributed by atoms with Gasteiger partial charge in [-0.1, -0.05) is 6.92 Å². The van der Waals surface area contributed by atoms with Crippen LogP contribution in [-0.4, -0.2) is 27.9 Å². The van der Waals surface area contributed by atoms with E-state index in [0.717, 1.165) is 25.3 Å². The first kappa shape index (κ1) is 11.2. The summed E-state index contributed by atoms with van der Waals surface area (Å²) in [5, 5.41) is 7.55. The number of hydrogen-bond donors (Lipinski definition) is 1. The standard InChI is InChI=1S/C10H20N4/c1-4-6-11-7-5-10-12-8-13-14(10)9(2)3/h8-9,11H,4-7H2,1-3H3. The van der Waals surface area contributed by atoms with Gasteiger partial charge in [0.15, 0.2) is 0 Å². The zero-order chi connectivity index (χ0) is 10.4. The lowest BCUT2D eigenvalue weighted by molar-refractivity contribution is 0.499. The van der Waals surface area contributed by atoms with Crippen LogP contribution in [-0.2, 0) is 6.42 Å². The Labute approximate surface area is 85.7 Å². The van der Waals surface area contributed by atoms with E-state index in [0.29, 0.717) is 6.04 Å². The fraction of sp³-hybridized carbons (Fsp3) is 0.800. The number of rotatable bonds is 6. The van der Waals surface area contributed by atoms with Crippen LogP contribution in [0.3, 0.4) is 0 Å². The molecular weight excluding hydrogens is 176 g/mol. The van der Waals surface area contributed by atoms with Crippen molar-refractivity contribution < 1.29 is 0 Å². The van der Waals surface area contributed by atoms with Crippen LogP contribution in [0.5, 0.6) is 0 Å². The highest BCUT2D eigenvalue weighted by molar-refractivity contribution is 4.87. The number of nitrogens with zero attached hydrogens (tertiary/aromatic N) is 3. The molecule has 1 aromatic heterocycles. The Morgan fingerprint density at radius 1 is 1.43 bits per heavy atom. The quantitative estimate of drug-likeness (QED) is 0.699. The first-order chi connectivity index (χ1) is 6.75. The zero-order valence-electron chi connectivity index (χ0n) is 9.32. The molecule has 0 aliphatic rings. The molecule has 0 unspecified atom stereocenters. The summed E-state index contributed by atoms with van der Waals surface area (Å²) < 4.78 is 1.98. The second-order valence-electron chi connectivity index (χ2n) is 3.71. The van der Waals surface area contributed by atoms with E-state index in [-0.39, 0.29) is 0 Å². The van der Waals surface area contributed by atoms with Crippen molar-refractivity contribution in [3.63, 3.8) is 0 Å². The Kier molecular flexibility index (Phi) is 4.59. The van der Waals surface area contributed by atoms with Crippen molar-refractivity contribution in [2.24, 2.45) is 0 Å². The molecule has 0 bridgehead atoms. The van der Waals surface area contributed by atoms with Gasteiger partial charge in [-0.3, -0.25) is 0 Å². The minimum atomic E-state index is 0.402. The minimum Gasteiger partial charge on any atom is -0.316 e. The van der Waals surface area contributed by atoms with Crippen LogP contribution in [0, 0.1) is 0 Å². The molecule has 0 radical (unpaired) electrons. The lowest BCUT2D eigenvalue weighted by Gasteiger charge is -2.09. The maximum Gasteiger partial charge on any atom is 0.138 e. The average molecular weight is 196 g/mol. The fourth-order valence-corrected chi connectivity index (χ4v) is 1.39. The van der Waals surface area contributed by atoms with Crippen molar-refractivity contribution in [1.82, 2.24) is 20.1 Å². The van der Waals surface area contributed by atoms with Crippen molar-refractivity contribution in [1.29, 1.82) is 0 Å². The SMILES string of the molecule is CCCNCCc1ncnn1C(C)C. The fourth-order valence-electron chi connectivity index (χ4n) is 1.39. The average Bonchev–Trinajstić information content (AvgIpc) is 2.60. The molecule has 1 heterocycles. The highest BCUT2D eigenvalue weighted by atomic mass is 15.3. The predicted octanol–water partition coefficient (Wildman–Crippen LogP) is 1.40. The summed E-state index contributed by atoms with van der Waals surface area (Å²) in [4.78, 5) is 4.25. The van der Waals surface area contributed by atoms with E-state index in [1.54, 1.807) is 6.33 Å². The molecular formula is C10H20N4. The number of hydrogen-bond acceptors (Lipinski definition) is 3. The van der Waals surface area contributed by atoms with Gasteiger partial charge >= 0.3 is 0 Å². The Morgan fingerprint density at radius 2 is 2.21 bits per heavy atom. The van der Waals surface area contributed by atoms with Gasteiger partial charge in [-0.2, -0.15) is 5.10 Å². The summed E-state index contributed by atoms with van der Waals surface area (Å²) in [6.45, 7) is 8.48. The lowest BCUT2D eigenvalue weighted by Crippen LogP contribution is -2.20. The summed E-state index contributed by atoms with van der Waals surface area (Å²) in [5.41, 5.74) is 0. The van der Waals surface area contributed by atoms with E-state index in [1.807, 2.05) is 4.68 Å². The predicted molar refractivity (Wildman–Crippen MR) is 57.3 cm³/mol. The van der Waals surface area contributed by atoms with Crippen LogP contribution < -0.4 is 5.32 Å². The van der Waals surface area contributed by atoms with Crippen molar-refractivity contribution in [3.8, 4) is 0 Å². The van der Waals surface area contributed by atoms with Gasteiger partial charge in [0.05, 0.1) is 0 Å². The van der Waals surface area contributed by atoms with Crippen LogP contribution in [0.15, 0.2) is 6.33 Å². The van der Waals surface area contributed by atoms with Crippen LogP contribution in [0.1, 0.15) is 39.1 Å². The van der Waals surface area contributed by atoms with Crippen molar-refractivity contribution in [3.05, 3.63) is 12.2 Å². The third kappa shape index (κ3) is 3.10. The molecule has 14 heavy (non-hydrogen) atoms.